The number of carbonyl (C=O) groups excluding carboxylic acids is 1. The molecule has 1 aliphatic heterocycles. The minimum atomic E-state index is -0.162. The fourth-order valence-corrected chi connectivity index (χ4v) is 2.96. The van der Waals surface area contributed by atoms with E-state index in [1.165, 1.54) is 0 Å². The Kier molecular flexibility index (Phi) is 4.57. The maximum Gasteiger partial charge on any atom is 0.209 e. The van der Waals surface area contributed by atoms with Gasteiger partial charge in [0.05, 0.1) is 6.04 Å². The summed E-state index contributed by atoms with van der Waals surface area (Å²) in [6, 6.07) is 14.0. The molecule has 3 rings (SSSR count). The standard InChI is InChI=1S/C18H22N4O/c1-14-16(18(19)15-5-3-2-4-6-15)7-8-17(20-14)22-11-9-21(13-23)10-12-22/h2-8,13,18H,9-12,19H2,1H3. The Bertz CT molecular complexity index is 666. The Morgan fingerprint density at radius 1 is 1.09 bits per heavy atom. The molecule has 5 heteroatoms. The van der Waals surface area contributed by atoms with Gasteiger partial charge in [0.25, 0.3) is 0 Å². The smallest absolute Gasteiger partial charge is 0.209 e. The second kappa shape index (κ2) is 6.79. The summed E-state index contributed by atoms with van der Waals surface area (Å²) in [6.45, 7) is 5.12. The second-order valence-electron chi connectivity index (χ2n) is 5.86. The van der Waals surface area contributed by atoms with Crippen LogP contribution in [-0.4, -0.2) is 42.5 Å². The summed E-state index contributed by atoms with van der Waals surface area (Å²) in [6.07, 6.45) is 0.915. The molecule has 2 heterocycles. The monoisotopic (exact) mass is 310 g/mol. The first-order valence-corrected chi connectivity index (χ1v) is 7.91. The highest BCUT2D eigenvalue weighted by molar-refractivity contribution is 5.50. The number of nitrogens with two attached hydrogens (primary N) is 1. The first-order valence-electron chi connectivity index (χ1n) is 7.91. The van der Waals surface area contributed by atoms with Crippen molar-refractivity contribution < 1.29 is 4.79 Å². The maximum absolute atomic E-state index is 10.8. The van der Waals surface area contributed by atoms with Crippen molar-refractivity contribution in [2.24, 2.45) is 5.73 Å². The molecule has 1 aromatic heterocycles. The van der Waals surface area contributed by atoms with Crippen molar-refractivity contribution in [1.29, 1.82) is 0 Å². The molecule has 5 nitrogen and oxygen atoms in total. The van der Waals surface area contributed by atoms with Crippen molar-refractivity contribution in [3.8, 4) is 0 Å². The van der Waals surface area contributed by atoms with Crippen molar-refractivity contribution >= 4 is 12.2 Å². The minimum Gasteiger partial charge on any atom is -0.353 e. The lowest BCUT2D eigenvalue weighted by atomic mass is 9.98. The van der Waals surface area contributed by atoms with E-state index in [0.29, 0.717) is 0 Å². The van der Waals surface area contributed by atoms with Crippen LogP contribution in [0.15, 0.2) is 42.5 Å². The van der Waals surface area contributed by atoms with Crippen LogP contribution < -0.4 is 10.6 Å². The lowest BCUT2D eigenvalue weighted by Crippen LogP contribution is -2.46. The van der Waals surface area contributed by atoms with E-state index in [0.717, 1.165) is 55.2 Å². The molecule has 1 aromatic carbocycles. The highest BCUT2D eigenvalue weighted by atomic mass is 16.1. The van der Waals surface area contributed by atoms with E-state index in [9.17, 15) is 4.79 Å². The Morgan fingerprint density at radius 3 is 2.39 bits per heavy atom. The fraction of sp³-hybridized carbons (Fsp3) is 0.333. The van der Waals surface area contributed by atoms with Crippen molar-refractivity contribution in [3.63, 3.8) is 0 Å². The van der Waals surface area contributed by atoms with Gasteiger partial charge in [-0.15, -0.1) is 0 Å². The number of benzene rings is 1. The van der Waals surface area contributed by atoms with Gasteiger partial charge in [0.15, 0.2) is 0 Å². The first kappa shape index (κ1) is 15.5. The number of carbonyl (C=O) groups is 1. The molecule has 2 N–H and O–H groups in total. The first-order chi connectivity index (χ1) is 11.2. The Balaban J connectivity index is 1.77. The number of pyridine rings is 1. The molecule has 120 valence electrons. The quantitative estimate of drug-likeness (QED) is 0.874. The van der Waals surface area contributed by atoms with Crippen LogP contribution in [0, 0.1) is 6.92 Å². The van der Waals surface area contributed by atoms with Gasteiger partial charge in [-0.25, -0.2) is 4.98 Å². The van der Waals surface area contributed by atoms with E-state index < -0.39 is 0 Å². The van der Waals surface area contributed by atoms with Gasteiger partial charge in [-0.2, -0.15) is 0 Å². The number of anilines is 1. The molecule has 0 saturated carbocycles. The summed E-state index contributed by atoms with van der Waals surface area (Å²) >= 11 is 0. The number of aryl methyl sites for hydroxylation is 1. The summed E-state index contributed by atoms with van der Waals surface area (Å²) in [4.78, 5) is 19.5. The van der Waals surface area contributed by atoms with E-state index in [1.807, 2.05) is 43.3 Å². The van der Waals surface area contributed by atoms with Crippen molar-refractivity contribution in [2.75, 3.05) is 31.1 Å². The van der Waals surface area contributed by atoms with Gasteiger partial charge in [0.1, 0.15) is 5.82 Å². The normalized spacial score (nSPS) is 16.3. The van der Waals surface area contributed by atoms with Crippen LogP contribution in [0.2, 0.25) is 0 Å². The second-order valence-corrected chi connectivity index (χ2v) is 5.86. The Morgan fingerprint density at radius 2 is 1.78 bits per heavy atom. The van der Waals surface area contributed by atoms with Crippen LogP contribution in [-0.2, 0) is 4.79 Å². The van der Waals surface area contributed by atoms with Gasteiger partial charge in [0.2, 0.25) is 6.41 Å². The zero-order chi connectivity index (χ0) is 16.2. The molecule has 0 spiro atoms. The van der Waals surface area contributed by atoms with Crippen LogP contribution in [0.1, 0.15) is 22.9 Å². The van der Waals surface area contributed by atoms with Gasteiger partial charge in [-0.3, -0.25) is 4.79 Å². The summed E-state index contributed by atoms with van der Waals surface area (Å²) in [5.41, 5.74) is 9.47. The molecule has 1 unspecified atom stereocenters. The number of nitrogens with zero attached hydrogens (tertiary/aromatic N) is 3. The van der Waals surface area contributed by atoms with E-state index in [4.69, 9.17) is 10.7 Å². The SMILES string of the molecule is Cc1nc(N2CCN(C=O)CC2)ccc1C(N)c1ccccc1. The number of aromatic nitrogens is 1. The average molecular weight is 310 g/mol. The predicted molar refractivity (Wildman–Crippen MR) is 91.3 cm³/mol. The largest absolute Gasteiger partial charge is 0.353 e. The van der Waals surface area contributed by atoms with Gasteiger partial charge in [0, 0.05) is 31.9 Å². The number of piperazine rings is 1. The Labute approximate surface area is 136 Å². The average Bonchev–Trinajstić information content (AvgIpc) is 2.62. The number of rotatable bonds is 4. The maximum atomic E-state index is 10.8. The molecular formula is C18H22N4O. The lowest BCUT2D eigenvalue weighted by Gasteiger charge is -2.33. The predicted octanol–water partition coefficient (Wildman–Crippen LogP) is 1.72. The molecule has 1 aliphatic rings. The van der Waals surface area contributed by atoms with Gasteiger partial charge in [-0.05, 0) is 24.1 Å². The van der Waals surface area contributed by atoms with Gasteiger partial charge >= 0.3 is 0 Å². The summed E-state index contributed by atoms with van der Waals surface area (Å²) in [5.74, 6) is 0.956. The molecule has 1 atom stereocenters. The zero-order valence-corrected chi connectivity index (χ0v) is 13.4. The molecule has 0 bridgehead atoms. The van der Waals surface area contributed by atoms with Crippen LogP contribution in [0.25, 0.3) is 0 Å². The third-order valence-electron chi connectivity index (χ3n) is 4.39. The topological polar surface area (TPSA) is 62.5 Å². The van der Waals surface area contributed by atoms with Crippen molar-refractivity contribution in [2.45, 2.75) is 13.0 Å². The van der Waals surface area contributed by atoms with Crippen LogP contribution in [0.3, 0.4) is 0 Å². The van der Waals surface area contributed by atoms with Crippen LogP contribution in [0.5, 0.6) is 0 Å². The van der Waals surface area contributed by atoms with E-state index in [2.05, 4.69) is 11.0 Å². The van der Waals surface area contributed by atoms with Gasteiger partial charge in [-0.1, -0.05) is 36.4 Å². The van der Waals surface area contributed by atoms with Crippen molar-refractivity contribution in [1.82, 2.24) is 9.88 Å². The summed E-state index contributed by atoms with van der Waals surface area (Å²) in [7, 11) is 0. The third-order valence-corrected chi connectivity index (χ3v) is 4.39. The fourth-order valence-electron chi connectivity index (χ4n) is 2.96. The molecule has 2 aromatic rings. The molecule has 1 amide bonds. The highest BCUT2D eigenvalue weighted by Gasteiger charge is 2.18. The molecule has 0 aliphatic carbocycles. The van der Waals surface area contributed by atoms with Crippen molar-refractivity contribution in [3.05, 3.63) is 59.3 Å². The minimum absolute atomic E-state index is 0.162. The molecule has 0 radical (unpaired) electrons. The number of amides is 1. The molecule has 23 heavy (non-hydrogen) atoms. The molecular weight excluding hydrogens is 288 g/mol. The number of hydrogen-bond donors (Lipinski definition) is 1. The third kappa shape index (κ3) is 3.35. The van der Waals surface area contributed by atoms with E-state index in [-0.39, 0.29) is 6.04 Å². The van der Waals surface area contributed by atoms with E-state index >= 15 is 0 Å². The summed E-state index contributed by atoms with van der Waals surface area (Å²) < 4.78 is 0. The van der Waals surface area contributed by atoms with Crippen LogP contribution in [0.4, 0.5) is 5.82 Å². The van der Waals surface area contributed by atoms with Gasteiger partial charge < -0.3 is 15.5 Å². The summed E-state index contributed by atoms with van der Waals surface area (Å²) in [5, 5.41) is 0. The van der Waals surface area contributed by atoms with Crippen LogP contribution >= 0.6 is 0 Å². The van der Waals surface area contributed by atoms with E-state index in [1.54, 1.807) is 4.90 Å². The molecule has 1 saturated heterocycles. The molecule has 1 fully saturated rings. The zero-order valence-electron chi connectivity index (χ0n) is 13.4. The Hall–Kier alpha value is -2.40. The highest BCUT2D eigenvalue weighted by Crippen LogP contribution is 2.24. The number of hydrogen-bond acceptors (Lipinski definition) is 4. The lowest BCUT2D eigenvalue weighted by molar-refractivity contribution is -0.118.